The Kier molecular flexibility index (Phi) is 6.16. The second-order valence-electron chi connectivity index (χ2n) is 4.08. The molecule has 2 rings (SSSR count). The zero-order valence-electron chi connectivity index (χ0n) is 11.5. The van der Waals surface area contributed by atoms with Crippen LogP contribution in [0, 0.1) is 7.11 Å². The second-order valence-corrected chi connectivity index (χ2v) is 5.43. The van der Waals surface area contributed by atoms with Crippen LogP contribution in [0.4, 0.5) is 0 Å². The number of phenolic OH excluding ortho intramolecular Hbond substituents is 1. The van der Waals surface area contributed by atoms with Crippen LogP contribution in [0.15, 0.2) is 47.4 Å². The average molecular weight is 328 g/mol. The Morgan fingerprint density at radius 1 is 1.18 bits per heavy atom. The summed E-state index contributed by atoms with van der Waals surface area (Å²) in [5.74, 6) is -1.72. The number of carbonyl (C=O) groups excluding carboxylic acids is 1. The Morgan fingerprint density at radius 3 is 2.27 bits per heavy atom. The molecule has 0 atom stereocenters. The summed E-state index contributed by atoms with van der Waals surface area (Å²) in [6.07, 6.45) is 0. The molecular formula is C14H9NaO6S. The minimum atomic E-state index is -4.92. The summed E-state index contributed by atoms with van der Waals surface area (Å²) in [6.45, 7) is 0. The van der Waals surface area contributed by atoms with Gasteiger partial charge in [0.05, 0.1) is 10.5 Å². The molecule has 1 N–H and O–H groups in total. The van der Waals surface area contributed by atoms with Gasteiger partial charge in [0.25, 0.3) is 0 Å². The zero-order valence-corrected chi connectivity index (χ0v) is 14.3. The summed E-state index contributed by atoms with van der Waals surface area (Å²) in [7, 11) is -0.0647. The van der Waals surface area contributed by atoms with Crippen LogP contribution in [0.1, 0.15) is 15.9 Å². The van der Waals surface area contributed by atoms with Gasteiger partial charge in [-0.15, -0.1) is 0 Å². The van der Waals surface area contributed by atoms with Crippen molar-refractivity contribution in [1.82, 2.24) is 0 Å². The van der Waals surface area contributed by atoms with Crippen LogP contribution < -0.4 is 34.3 Å². The largest absolute Gasteiger partial charge is 1.00 e. The molecule has 0 saturated heterocycles. The van der Waals surface area contributed by atoms with E-state index < -0.39 is 32.3 Å². The number of phenols is 1. The Balaban J connectivity index is 0.00000242. The van der Waals surface area contributed by atoms with Gasteiger partial charge < -0.3 is 14.4 Å². The van der Waals surface area contributed by atoms with Crippen molar-refractivity contribution in [3.8, 4) is 11.5 Å². The Labute approximate surface area is 149 Å². The summed E-state index contributed by atoms with van der Waals surface area (Å²) >= 11 is 0. The fourth-order valence-electron chi connectivity index (χ4n) is 1.76. The van der Waals surface area contributed by atoms with Crippen molar-refractivity contribution in [2.24, 2.45) is 0 Å². The van der Waals surface area contributed by atoms with Gasteiger partial charge in [-0.3, -0.25) is 4.79 Å². The van der Waals surface area contributed by atoms with Crippen LogP contribution in [0.25, 0.3) is 0 Å². The fraction of sp³-hybridized carbons (Fsp3) is 0. The van der Waals surface area contributed by atoms with E-state index in [-0.39, 0.29) is 40.7 Å². The molecule has 108 valence electrons. The molecule has 0 amide bonds. The first kappa shape index (κ1) is 18.7. The van der Waals surface area contributed by atoms with E-state index in [1.54, 1.807) is 18.2 Å². The van der Waals surface area contributed by atoms with Gasteiger partial charge in [-0.1, -0.05) is 30.3 Å². The van der Waals surface area contributed by atoms with Gasteiger partial charge in [0, 0.05) is 11.6 Å². The predicted molar refractivity (Wildman–Crippen MR) is 70.9 cm³/mol. The molecular weight excluding hydrogens is 319 g/mol. The Morgan fingerprint density at radius 2 is 1.77 bits per heavy atom. The summed E-state index contributed by atoms with van der Waals surface area (Å²) < 4.78 is 37.7. The first-order chi connectivity index (χ1) is 9.84. The standard InChI is InChI=1S/C14H10O6S.Na/c1-20-12-8-11(15)10(7-13(12)21(17,18)19)14(16)9-5-3-2-4-6-9;/h1-8,15H,(H,17,18,19);/q;+1/p-1. The number of hydrogen-bond acceptors (Lipinski definition) is 6. The third kappa shape index (κ3) is 3.88. The third-order valence-corrected chi connectivity index (χ3v) is 3.60. The molecule has 0 aliphatic heterocycles. The molecule has 0 unspecified atom stereocenters. The maximum Gasteiger partial charge on any atom is 1.00 e. The van der Waals surface area contributed by atoms with Crippen LogP contribution in [0.3, 0.4) is 0 Å². The van der Waals surface area contributed by atoms with Crippen molar-refractivity contribution in [2.45, 2.75) is 4.90 Å². The van der Waals surface area contributed by atoms with Gasteiger partial charge in [0.2, 0.25) is 0 Å². The molecule has 0 heterocycles. The molecule has 0 saturated carbocycles. The third-order valence-electron chi connectivity index (χ3n) is 2.74. The molecule has 22 heavy (non-hydrogen) atoms. The number of rotatable bonds is 4. The van der Waals surface area contributed by atoms with E-state index in [2.05, 4.69) is 4.74 Å². The van der Waals surface area contributed by atoms with Crippen molar-refractivity contribution in [3.05, 3.63) is 60.7 Å². The van der Waals surface area contributed by atoms with E-state index in [0.717, 1.165) is 12.1 Å². The van der Waals surface area contributed by atoms with Crippen molar-refractivity contribution in [3.63, 3.8) is 0 Å². The molecule has 6 nitrogen and oxygen atoms in total. The number of hydrogen-bond donors (Lipinski definition) is 1. The number of benzene rings is 2. The first-order valence-corrected chi connectivity index (χ1v) is 7.05. The van der Waals surface area contributed by atoms with E-state index in [0.29, 0.717) is 0 Å². The van der Waals surface area contributed by atoms with E-state index in [1.165, 1.54) is 12.1 Å². The monoisotopic (exact) mass is 328 g/mol. The second kappa shape index (κ2) is 7.26. The molecule has 8 heteroatoms. The van der Waals surface area contributed by atoms with Crippen molar-refractivity contribution < 1.29 is 57.2 Å². The van der Waals surface area contributed by atoms with Gasteiger partial charge in [0.15, 0.2) is 12.9 Å². The van der Waals surface area contributed by atoms with Crippen LogP contribution in [-0.4, -0.2) is 23.9 Å². The van der Waals surface area contributed by atoms with Crippen LogP contribution in [0.5, 0.6) is 11.5 Å². The molecule has 2 aromatic rings. The molecule has 0 bridgehead atoms. The van der Waals surface area contributed by atoms with Crippen LogP contribution >= 0.6 is 0 Å². The molecule has 0 aromatic heterocycles. The summed E-state index contributed by atoms with van der Waals surface area (Å²) in [4.78, 5) is 11.4. The number of ketones is 1. The van der Waals surface area contributed by atoms with Crippen LogP contribution in [-0.2, 0) is 10.1 Å². The van der Waals surface area contributed by atoms with E-state index in [4.69, 9.17) is 7.11 Å². The summed E-state index contributed by atoms with van der Waals surface area (Å²) in [6, 6.07) is 9.42. The number of carbonyl (C=O) groups is 1. The van der Waals surface area contributed by atoms with Gasteiger partial charge in [-0.2, -0.15) is 0 Å². The molecule has 0 spiro atoms. The number of ether oxygens (including phenoxy) is 1. The van der Waals surface area contributed by atoms with E-state index >= 15 is 0 Å². The molecule has 0 aliphatic carbocycles. The smallest absolute Gasteiger partial charge is 0.744 e. The van der Waals surface area contributed by atoms with Gasteiger partial charge >= 0.3 is 29.6 Å². The quantitative estimate of drug-likeness (QED) is 0.420. The maximum absolute atomic E-state index is 12.2. The topological polar surface area (TPSA) is 104 Å². The Bertz CT molecular complexity index is 786. The predicted octanol–water partition coefficient (Wildman–Crippen LogP) is -1.42. The van der Waals surface area contributed by atoms with Crippen molar-refractivity contribution >= 4 is 15.9 Å². The fourth-order valence-corrected chi connectivity index (χ4v) is 2.38. The molecule has 0 aliphatic rings. The van der Waals surface area contributed by atoms with Crippen LogP contribution in [0.2, 0.25) is 0 Å². The summed E-state index contributed by atoms with van der Waals surface area (Å²) in [5.41, 5.74) is -0.111. The van der Waals surface area contributed by atoms with Crippen molar-refractivity contribution in [1.29, 1.82) is 0 Å². The number of aromatic hydroxyl groups is 1. The first-order valence-electron chi connectivity index (χ1n) is 5.64. The average Bonchev–Trinajstić information content (AvgIpc) is 2.45. The maximum atomic E-state index is 12.2. The minimum Gasteiger partial charge on any atom is -0.744 e. The molecule has 0 fully saturated rings. The minimum absolute atomic E-state index is 0. The van der Waals surface area contributed by atoms with E-state index in [9.17, 15) is 22.9 Å². The van der Waals surface area contributed by atoms with Gasteiger partial charge in [0.1, 0.15) is 21.6 Å². The van der Waals surface area contributed by atoms with Gasteiger partial charge in [-0.05, 0) is 6.07 Å². The van der Waals surface area contributed by atoms with E-state index in [1.807, 2.05) is 0 Å². The normalized spacial score (nSPS) is 10.6. The Hall–Kier alpha value is -1.38. The molecule has 2 aromatic carbocycles. The van der Waals surface area contributed by atoms with Gasteiger partial charge in [-0.25, -0.2) is 8.42 Å². The molecule has 2 radical (unpaired) electrons. The summed E-state index contributed by atoms with van der Waals surface area (Å²) in [5, 5.41) is 9.79. The zero-order chi connectivity index (χ0) is 15.6. The van der Waals surface area contributed by atoms with Crippen molar-refractivity contribution in [2.75, 3.05) is 0 Å². The SMILES string of the molecule is [CH]Oc1cc(O)c(C(=O)c2ccccc2)cc1S(=O)(=O)[O-].[Na+].